The summed E-state index contributed by atoms with van der Waals surface area (Å²) < 4.78 is 0. The van der Waals surface area contributed by atoms with E-state index in [9.17, 15) is 0 Å². The van der Waals surface area contributed by atoms with Gasteiger partial charge in [-0.15, -0.1) is 0 Å². The van der Waals surface area contributed by atoms with Crippen LogP contribution in [0.15, 0.2) is 24.3 Å². The maximum absolute atomic E-state index is 5.41. The summed E-state index contributed by atoms with van der Waals surface area (Å²) in [5.41, 5.74) is 2.33. The molecular formula is C15H20N2S. The Bertz CT molecular complexity index is 458. The minimum atomic E-state index is 0.605. The van der Waals surface area contributed by atoms with Crippen molar-refractivity contribution in [2.75, 3.05) is 5.32 Å². The number of aryl methyl sites for hydroxylation is 1. The second kappa shape index (κ2) is 4.88. The molecule has 96 valence electrons. The van der Waals surface area contributed by atoms with Crippen LogP contribution in [0.3, 0.4) is 0 Å². The number of hydrogen-bond donors (Lipinski definition) is 2. The van der Waals surface area contributed by atoms with E-state index >= 15 is 0 Å². The van der Waals surface area contributed by atoms with Crippen LogP contribution in [-0.4, -0.2) is 11.2 Å². The summed E-state index contributed by atoms with van der Waals surface area (Å²) in [4.78, 5) is 0. The van der Waals surface area contributed by atoms with Gasteiger partial charge in [0.2, 0.25) is 0 Å². The summed E-state index contributed by atoms with van der Waals surface area (Å²) >= 11 is 5.41. The van der Waals surface area contributed by atoms with Gasteiger partial charge in [0, 0.05) is 11.7 Å². The van der Waals surface area contributed by atoms with Gasteiger partial charge in [-0.05, 0) is 67.9 Å². The lowest BCUT2D eigenvalue weighted by Gasteiger charge is -2.24. The predicted octanol–water partition coefficient (Wildman–Crippen LogP) is 3.47. The highest BCUT2D eigenvalue weighted by molar-refractivity contribution is 7.80. The normalized spacial score (nSPS) is 29.3. The standard InChI is InChI=1S/C15H20N2S/c1-10-3-2-4-13(7-10)16-15(18)17-14-9-11-5-6-12(14)8-11/h2-4,7,11-12,14H,5-6,8-9H2,1H3,(H2,16,17,18)/t11-,12+,14-/m0/s1. The Morgan fingerprint density at radius 1 is 1.28 bits per heavy atom. The highest BCUT2D eigenvalue weighted by Gasteiger charge is 2.39. The number of rotatable bonds is 2. The molecule has 2 bridgehead atoms. The minimum Gasteiger partial charge on any atom is -0.359 e. The molecule has 2 fully saturated rings. The first-order valence-corrected chi connectivity index (χ1v) is 7.26. The van der Waals surface area contributed by atoms with Crippen LogP contribution in [0.1, 0.15) is 31.2 Å². The smallest absolute Gasteiger partial charge is 0.171 e. The van der Waals surface area contributed by atoms with Gasteiger partial charge in [0.05, 0.1) is 0 Å². The zero-order chi connectivity index (χ0) is 12.5. The first-order valence-electron chi connectivity index (χ1n) is 6.85. The third-order valence-corrected chi connectivity index (χ3v) is 4.55. The zero-order valence-electron chi connectivity index (χ0n) is 10.8. The van der Waals surface area contributed by atoms with Gasteiger partial charge < -0.3 is 10.6 Å². The van der Waals surface area contributed by atoms with E-state index in [0.29, 0.717) is 6.04 Å². The fraction of sp³-hybridized carbons (Fsp3) is 0.533. The van der Waals surface area contributed by atoms with Gasteiger partial charge in [0.1, 0.15) is 0 Å². The van der Waals surface area contributed by atoms with E-state index in [1.54, 1.807) is 0 Å². The summed E-state index contributed by atoms with van der Waals surface area (Å²) in [6.07, 6.45) is 5.53. The fourth-order valence-electron chi connectivity index (χ4n) is 3.48. The Kier molecular flexibility index (Phi) is 3.25. The van der Waals surface area contributed by atoms with Crippen molar-refractivity contribution < 1.29 is 0 Å². The third-order valence-electron chi connectivity index (χ3n) is 4.33. The molecule has 3 rings (SSSR count). The quantitative estimate of drug-likeness (QED) is 0.796. The number of hydrogen-bond acceptors (Lipinski definition) is 1. The lowest BCUT2D eigenvalue weighted by Crippen LogP contribution is -2.40. The third kappa shape index (κ3) is 2.51. The van der Waals surface area contributed by atoms with Gasteiger partial charge in [-0.2, -0.15) is 0 Å². The predicted molar refractivity (Wildman–Crippen MR) is 79.8 cm³/mol. The Hall–Kier alpha value is -1.09. The van der Waals surface area contributed by atoms with E-state index in [2.05, 4.69) is 41.8 Å². The van der Waals surface area contributed by atoms with E-state index in [4.69, 9.17) is 12.2 Å². The maximum Gasteiger partial charge on any atom is 0.171 e. The van der Waals surface area contributed by atoms with Crippen molar-refractivity contribution in [3.05, 3.63) is 29.8 Å². The lowest BCUT2D eigenvalue weighted by molar-refractivity contribution is 0.392. The zero-order valence-corrected chi connectivity index (χ0v) is 11.6. The molecule has 0 unspecified atom stereocenters. The van der Waals surface area contributed by atoms with E-state index in [-0.39, 0.29) is 0 Å². The summed E-state index contributed by atoms with van der Waals surface area (Å²) in [6, 6.07) is 8.93. The van der Waals surface area contributed by atoms with Gasteiger partial charge in [0.25, 0.3) is 0 Å². The van der Waals surface area contributed by atoms with Crippen LogP contribution in [-0.2, 0) is 0 Å². The molecule has 0 aromatic heterocycles. The first kappa shape index (κ1) is 12.0. The van der Waals surface area contributed by atoms with Crippen LogP contribution in [0.5, 0.6) is 0 Å². The van der Waals surface area contributed by atoms with Gasteiger partial charge in [-0.25, -0.2) is 0 Å². The van der Waals surface area contributed by atoms with E-state index < -0.39 is 0 Å². The van der Waals surface area contributed by atoms with Crippen LogP contribution in [0.4, 0.5) is 5.69 Å². The molecule has 2 N–H and O–H groups in total. The van der Waals surface area contributed by atoms with Crippen molar-refractivity contribution >= 4 is 23.0 Å². The molecule has 18 heavy (non-hydrogen) atoms. The van der Waals surface area contributed by atoms with Crippen LogP contribution in [0.25, 0.3) is 0 Å². The second-order valence-electron chi connectivity index (χ2n) is 5.75. The van der Waals surface area contributed by atoms with Crippen molar-refractivity contribution in [2.24, 2.45) is 11.8 Å². The summed E-state index contributed by atoms with van der Waals surface area (Å²) in [6.45, 7) is 2.09. The molecule has 0 amide bonds. The van der Waals surface area contributed by atoms with E-state index in [1.807, 2.05) is 0 Å². The molecule has 2 aliphatic rings. The number of nitrogens with one attached hydrogen (secondary N) is 2. The number of benzene rings is 1. The van der Waals surface area contributed by atoms with Gasteiger partial charge in [-0.3, -0.25) is 0 Å². The van der Waals surface area contributed by atoms with Gasteiger partial charge >= 0.3 is 0 Å². The first-order chi connectivity index (χ1) is 8.70. The van der Waals surface area contributed by atoms with E-state index in [1.165, 1.54) is 31.2 Å². The van der Waals surface area contributed by atoms with Crippen LogP contribution >= 0.6 is 12.2 Å². The van der Waals surface area contributed by atoms with Gasteiger partial charge in [0.15, 0.2) is 5.11 Å². The number of thiocarbonyl (C=S) groups is 1. The molecule has 0 heterocycles. The molecule has 2 aliphatic carbocycles. The number of anilines is 1. The van der Waals surface area contributed by atoms with E-state index in [0.717, 1.165) is 22.6 Å². The molecule has 3 heteroatoms. The van der Waals surface area contributed by atoms with Crippen LogP contribution < -0.4 is 10.6 Å². The second-order valence-corrected chi connectivity index (χ2v) is 6.16. The number of fused-ring (bicyclic) bond motifs is 2. The van der Waals surface area contributed by atoms with Crippen LogP contribution in [0, 0.1) is 18.8 Å². The maximum atomic E-state index is 5.41. The Morgan fingerprint density at radius 2 is 2.17 bits per heavy atom. The monoisotopic (exact) mass is 260 g/mol. The summed E-state index contributed by atoms with van der Waals surface area (Å²) in [7, 11) is 0. The molecule has 2 nitrogen and oxygen atoms in total. The Labute approximate surface area is 114 Å². The van der Waals surface area contributed by atoms with Crippen LogP contribution in [0.2, 0.25) is 0 Å². The molecule has 0 saturated heterocycles. The molecule has 1 aromatic rings. The highest BCUT2D eigenvalue weighted by atomic mass is 32.1. The fourth-order valence-corrected chi connectivity index (χ4v) is 3.75. The topological polar surface area (TPSA) is 24.1 Å². The largest absolute Gasteiger partial charge is 0.359 e. The molecule has 0 radical (unpaired) electrons. The summed E-state index contributed by atoms with van der Waals surface area (Å²) in [5.74, 6) is 1.81. The summed E-state index contributed by atoms with van der Waals surface area (Å²) in [5, 5.41) is 7.56. The van der Waals surface area contributed by atoms with Crippen molar-refractivity contribution in [3.63, 3.8) is 0 Å². The van der Waals surface area contributed by atoms with Gasteiger partial charge in [-0.1, -0.05) is 18.6 Å². The molecule has 0 aliphatic heterocycles. The van der Waals surface area contributed by atoms with Crippen molar-refractivity contribution in [3.8, 4) is 0 Å². The van der Waals surface area contributed by atoms with Crippen molar-refractivity contribution in [1.82, 2.24) is 5.32 Å². The lowest BCUT2D eigenvalue weighted by atomic mass is 9.96. The molecule has 0 spiro atoms. The average molecular weight is 260 g/mol. The SMILES string of the molecule is Cc1cccc(NC(=S)N[C@H]2C[C@H]3CC[C@@H]2C3)c1. The molecule has 1 aromatic carbocycles. The van der Waals surface area contributed by atoms with Crippen molar-refractivity contribution in [2.45, 2.75) is 38.6 Å². The highest BCUT2D eigenvalue weighted by Crippen LogP contribution is 2.44. The average Bonchev–Trinajstić information content (AvgIpc) is 2.90. The molecule has 2 saturated carbocycles. The van der Waals surface area contributed by atoms with Crippen molar-refractivity contribution in [1.29, 1.82) is 0 Å². The molecular weight excluding hydrogens is 240 g/mol. The molecule has 3 atom stereocenters. The Balaban J connectivity index is 1.56. The Morgan fingerprint density at radius 3 is 2.83 bits per heavy atom. The minimum absolute atomic E-state index is 0.605.